The predicted octanol–water partition coefficient (Wildman–Crippen LogP) is 1.01. The van der Waals surface area contributed by atoms with E-state index >= 15 is 0 Å². The molecule has 7 heteroatoms. The minimum Gasteiger partial charge on any atom is -0.378 e. The normalized spacial score (nSPS) is 20.4. The Hall–Kier alpha value is -1.63. The van der Waals surface area contributed by atoms with Crippen LogP contribution in [0.25, 0.3) is 0 Å². The summed E-state index contributed by atoms with van der Waals surface area (Å²) in [5.41, 5.74) is 2.23. The SMILES string of the molecule is Cc1ccc(CC(=O)N2CCN(C(=O)CC3COCCN3)CC2)cc1.Cl. The van der Waals surface area contributed by atoms with Crippen molar-refractivity contribution in [2.45, 2.75) is 25.8 Å². The number of morpholine rings is 1. The molecule has 2 saturated heterocycles. The lowest BCUT2D eigenvalue weighted by molar-refractivity contribution is -0.139. The van der Waals surface area contributed by atoms with Crippen molar-refractivity contribution in [3.63, 3.8) is 0 Å². The second-order valence-electron chi connectivity index (χ2n) is 6.85. The molecule has 2 fully saturated rings. The molecule has 0 saturated carbocycles. The topological polar surface area (TPSA) is 61.9 Å². The third-order valence-corrected chi connectivity index (χ3v) is 4.88. The number of nitrogens with one attached hydrogen (secondary N) is 1. The predicted molar refractivity (Wildman–Crippen MR) is 103 cm³/mol. The molecule has 2 heterocycles. The van der Waals surface area contributed by atoms with Gasteiger partial charge in [0, 0.05) is 45.2 Å². The van der Waals surface area contributed by atoms with Crippen LogP contribution in [-0.4, -0.2) is 73.6 Å². The third-order valence-electron chi connectivity index (χ3n) is 4.88. The van der Waals surface area contributed by atoms with Crippen molar-refractivity contribution >= 4 is 24.2 Å². The zero-order chi connectivity index (χ0) is 17.6. The number of ether oxygens (including phenoxy) is 1. The molecule has 1 atom stereocenters. The number of rotatable bonds is 4. The first-order chi connectivity index (χ1) is 12.1. The van der Waals surface area contributed by atoms with Gasteiger partial charge < -0.3 is 19.9 Å². The Balaban J connectivity index is 0.00000243. The second-order valence-corrected chi connectivity index (χ2v) is 6.85. The third kappa shape index (κ3) is 5.69. The first kappa shape index (κ1) is 20.7. The van der Waals surface area contributed by atoms with Crippen LogP contribution >= 0.6 is 12.4 Å². The van der Waals surface area contributed by atoms with Gasteiger partial charge in [0.2, 0.25) is 11.8 Å². The van der Waals surface area contributed by atoms with Gasteiger partial charge in [-0.2, -0.15) is 0 Å². The number of halogens is 1. The van der Waals surface area contributed by atoms with Crippen molar-refractivity contribution in [2.24, 2.45) is 0 Å². The van der Waals surface area contributed by atoms with Crippen molar-refractivity contribution in [3.05, 3.63) is 35.4 Å². The largest absolute Gasteiger partial charge is 0.378 e. The van der Waals surface area contributed by atoms with Crippen LogP contribution in [0.4, 0.5) is 0 Å². The Labute approximate surface area is 161 Å². The summed E-state index contributed by atoms with van der Waals surface area (Å²) in [5.74, 6) is 0.284. The number of carbonyl (C=O) groups excluding carboxylic acids is 2. The van der Waals surface area contributed by atoms with Gasteiger partial charge in [-0.3, -0.25) is 9.59 Å². The average molecular weight is 382 g/mol. The molecule has 6 nitrogen and oxygen atoms in total. The van der Waals surface area contributed by atoms with Crippen molar-refractivity contribution < 1.29 is 14.3 Å². The number of benzene rings is 1. The molecule has 0 radical (unpaired) electrons. The van der Waals surface area contributed by atoms with Crippen LogP contribution in [0.3, 0.4) is 0 Å². The lowest BCUT2D eigenvalue weighted by atomic mass is 10.1. The number of carbonyl (C=O) groups is 2. The fourth-order valence-electron chi connectivity index (χ4n) is 3.29. The molecule has 1 aromatic rings. The van der Waals surface area contributed by atoms with Crippen LogP contribution in [0, 0.1) is 6.92 Å². The number of hydrogen-bond acceptors (Lipinski definition) is 4. The Morgan fingerprint density at radius 1 is 1.08 bits per heavy atom. The van der Waals surface area contributed by atoms with Crippen LogP contribution in [0.5, 0.6) is 0 Å². The highest BCUT2D eigenvalue weighted by atomic mass is 35.5. The molecular weight excluding hydrogens is 354 g/mol. The maximum Gasteiger partial charge on any atom is 0.227 e. The molecule has 2 amide bonds. The molecule has 0 spiro atoms. The van der Waals surface area contributed by atoms with Crippen molar-refractivity contribution in [1.29, 1.82) is 0 Å². The summed E-state index contributed by atoms with van der Waals surface area (Å²) in [4.78, 5) is 28.6. The minimum atomic E-state index is 0. The van der Waals surface area contributed by atoms with Crippen molar-refractivity contribution in [2.75, 3.05) is 45.9 Å². The fraction of sp³-hybridized carbons (Fsp3) is 0.579. The van der Waals surface area contributed by atoms with Gasteiger partial charge in [-0.1, -0.05) is 29.8 Å². The zero-order valence-electron chi connectivity index (χ0n) is 15.3. The number of amides is 2. The lowest BCUT2D eigenvalue weighted by Crippen LogP contribution is -2.52. The summed E-state index contributed by atoms with van der Waals surface area (Å²) < 4.78 is 5.40. The second kappa shape index (κ2) is 9.90. The van der Waals surface area contributed by atoms with Crippen molar-refractivity contribution in [3.8, 4) is 0 Å². The standard InChI is InChI=1S/C19H27N3O3.ClH/c1-15-2-4-16(5-3-15)12-18(23)21-7-9-22(10-8-21)19(24)13-17-14-25-11-6-20-17;/h2-5,17,20H,6-14H2,1H3;1H. The Morgan fingerprint density at radius 3 is 2.27 bits per heavy atom. The molecule has 0 aromatic heterocycles. The van der Waals surface area contributed by atoms with E-state index in [1.165, 1.54) is 5.56 Å². The van der Waals surface area contributed by atoms with E-state index in [9.17, 15) is 9.59 Å². The van der Waals surface area contributed by atoms with Gasteiger partial charge >= 0.3 is 0 Å². The number of nitrogens with zero attached hydrogens (tertiary/aromatic N) is 2. The quantitative estimate of drug-likeness (QED) is 0.845. The fourth-order valence-corrected chi connectivity index (χ4v) is 3.29. The molecule has 1 aromatic carbocycles. The Morgan fingerprint density at radius 2 is 1.69 bits per heavy atom. The molecule has 0 bridgehead atoms. The molecule has 3 rings (SSSR count). The molecule has 2 aliphatic rings. The molecular formula is C19H28ClN3O3. The molecule has 0 aliphatic carbocycles. The van der Waals surface area contributed by atoms with Gasteiger partial charge in [0.15, 0.2) is 0 Å². The average Bonchev–Trinajstić information content (AvgIpc) is 2.64. The first-order valence-corrected chi connectivity index (χ1v) is 9.04. The van der Waals surface area contributed by atoms with E-state index in [1.54, 1.807) is 0 Å². The minimum absolute atomic E-state index is 0. The molecule has 144 valence electrons. The monoisotopic (exact) mass is 381 g/mol. The van der Waals surface area contributed by atoms with Gasteiger partial charge in [-0.15, -0.1) is 12.4 Å². The number of piperazine rings is 1. The summed E-state index contributed by atoms with van der Waals surface area (Å²) in [5, 5.41) is 3.31. The number of hydrogen-bond donors (Lipinski definition) is 1. The van der Waals surface area contributed by atoms with E-state index < -0.39 is 0 Å². The van der Waals surface area contributed by atoms with E-state index in [4.69, 9.17) is 4.74 Å². The maximum atomic E-state index is 12.4. The molecule has 2 aliphatic heterocycles. The van der Waals surface area contributed by atoms with E-state index in [2.05, 4.69) is 5.32 Å². The smallest absolute Gasteiger partial charge is 0.227 e. The highest BCUT2D eigenvalue weighted by Crippen LogP contribution is 2.10. The molecule has 26 heavy (non-hydrogen) atoms. The van der Waals surface area contributed by atoms with Gasteiger partial charge in [0.25, 0.3) is 0 Å². The zero-order valence-corrected chi connectivity index (χ0v) is 16.1. The highest BCUT2D eigenvalue weighted by molar-refractivity contribution is 5.85. The number of aryl methyl sites for hydroxylation is 1. The van der Waals surface area contributed by atoms with E-state index in [-0.39, 0.29) is 30.3 Å². The maximum absolute atomic E-state index is 12.4. The Bertz CT molecular complexity index is 595. The van der Waals surface area contributed by atoms with Gasteiger partial charge in [0.05, 0.1) is 19.6 Å². The lowest BCUT2D eigenvalue weighted by Gasteiger charge is -2.36. The summed E-state index contributed by atoms with van der Waals surface area (Å²) in [6, 6.07) is 8.19. The van der Waals surface area contributed by atoms with E-state index in [0.717, 1.165) is 12.1 Å². The summed E-state index contributed by atoms with van der Waals surface area (Å²) in [7, 11) is 0. The van der Waals surface area contributed by atoms with Gasteiger partial charge in [-0.05, 0) is 12.5 Å². The summed E-state index contributed by atoms with van der Waals surface area (Å²) in [6.07, 6.45) is 0.898. The van der Waals surface area contributed by atoms with Gasteiger partial charge in [-0.25, -0.2) is 0 Å². The molecule has 1 N–H and O–H groups in total. The van der Waals surface area contributed by atoms with Crippen LogP contribution in [0.15, 0.2) is 24.3 Å². The van der Waals surface area contributed by atoms with Crippen LogP contribution in [0.2, 0.25) is 0 Å². The van der Waals surface area contributed by atoms with E-state index in [1.807, 2.05) is 41.0 Å². The highest BCUT2D eigenvalue weighted by Gasteiger charge is 2.26. The van der Waals surface area contributed by atoms with Crippen LogP contribution < -0.4 is 5.32 Å². The van der Waals surface area contributed by atoms with Crippen molar-refractivity contribution in [1.82, 2.24) is 15.1 Å². The van der Waals surface area contributed by atoms with Crippen LogP contribution in [0.1, 0.15) is 17.5 Å². The van der Waals surface area contributed by atoms with Crippen LogP contribution in [-0.2, 0) is 20.7 Å². The first-order valence-electron chi connectivity index (χ1n) is 9.04. The van der Waals surface area contributed by atoms with E-state index in [0.29, 0.717) is 52.2 Å². The Kier molecular flexibility index (Phi) is 7.87. The van der Waals surface area contributed by atoms with Gasteiger partial charge in [0.1, 0.15) is 0 Å². The summed E-state index contributed by atoms with van der Waals surface area (Å²) in [6.45, 7) is 6.62. The molecule has 1 unspecified atom stereocenters. The summed E-state index contributed by atoms with van der Waals surface area (Å²) >= 11 is 0.